The van der Waals surface area contributed by atoms with Crippen LogP contribution in [0.15, 0.2) is 12.1 Å². The molecule has 2 saturated heterocycles. The molecule has 2 heterocycles. The van der Waals surface area contributed by atoms with Crippen LogP contribution in [0.3, 0.4) is 0 Å². The van der Waals surface area contributed by atoms with Crippen LogP contribution in [0.1, 0.15) is 42.4 Å². The summed E-state index contributed by atoms with van der Waals surface area (Å²) < 4.78 is 5.37. The number of fused-ring (bicyclic) bond motifs is 2. The van der Waals surface area contributed by atoms with Gasteiger partial charge in [0.05, 0.1) is 12.7 Å². The summed E-state index contributed by atoms with van der Waals surface area (Å²) in [4.78, 5) is 0. The fourth-order valence-corrected chi connectivity index (χ4v) is 5.48. The molecule has 3 heteroatoms. The molecular formula is C16H22O2S. The second-order valence-corrected chi connectivity index (χ2v) is 7.64. The maximum absolute atomic E-state index is 11.1. The summed E-state index contributed by atoms with van der Waals surface area (Å²) in [6.45, 7) is 4.14. The van der Waals surface area contributed by atoms with Crippen molar-refractivity contribution in [3.8, 4) is 5.75 Å². The summed E-state index contributed by atoms with van der Waals surface area (Å²) in [5, 5.41) is 12.4. The van der Waals surface area contributed by atoms with Gasteiger partial charge in [-0.3, -0.25) is 0 Å². The summed E-state index contributed by atoms with van der Waals surface area (Å²) in [6, 6.07) is 4.19. The zero-order valence-corrected chi connectivity index (χ0v) is 12.7. The van der Waals surface area contributed by atoms with Gasteiger partial charge in [-0.15, -0.1) is 0 Å². The average Bonchev–Trinajstić information content (AvgIpc) is 2.71. The molecule has 1 aromatic rings. The van der Waals surface area contributed by atoms with Crippen molar-refractivity contribution < 1.29 is 9.84 Å². The van der Waals surface area contributed by atoms with Crippen molar-refractivity contribution in [3.05, 3.63) is 28.8 Å². The van der Waals surface area contributed by atoms with E-state index < -0.39 is 5.60 Å². The number of hydrogen-bond donors (Lipinski definition) is 1. The average molecular weight is 278 g/mol. The number of benzene rings is 1. The van der Waals surface area contributed by atoms with E-state index in [9.17, 15) is 5.11 Å². The Kier molecular flexibility index (Phi) is 3.30. The van der Waals surface area contributed by atoms with Crippen molar-refractivity contribution in [1.29, 1.82) is 0 Å². The van der Waals surface area contributed by atoms with Crippen molar-refractivity contribution in [2.24, 2.45) is 0 Å². The molecule has 2 aliphatic heterocycles. The lowest BCUT2D eigenvalue weighted by molar-refractivity contribution is 0.0189. The Labute approximate surface area is 119 Å². The molecule has 2 fully saturated rings. The maximum atomic E-state index is 11.1. The summed E-state index contributed by atoms with van der Waals surface area (Å²) in [6.07, 6.45) is 4.35. The van der Waals surface area contributed by atoms with Gasteiger partial charge in [-0.2, -0.15) is 11.8 Å². The molecule has 0 radical (unpaired) electrons. The molecule has 0 amide bonds. The van der Waals surface area contributed by atoms with Crippen molar-refractivity contribution in [3.63, 3.8) is 0 Å². The molecule has 0 spiro atoms. The number of methoxy groups -OCH3 is 1. The second kappa shape index (κ2) is 4.71. The highest BCUT2D eigenvalue weighted by molar-refractivity contribution is 8.00. The molecule has 2 nitrogen and oxygen atoms in total. The quantitative estimate of drug-likeness (QED) is 0.897. The Morgan fingerprint density at radius 2 is 1.79 bits per heavy atom. The normalized spacial score (nSPS) is 33.5. The SMILES string of the molecule is COc1cc(C)c(C2(O)CC3CCC(C2)S3)cc1C. The molecule has 0 aromatic heterocycles. The molecule has 2 bridgehead atoms. The molecule has 2 aliphatic rings. The number of aryl methyl sites for hydroxylation is 2. The zero-order valence-electron chi connectivity index (χ0n) is 11.9. The highest BCUT2D eigenvalue weighted by Crippen LogP contribution is 2.52. The van der Waals surface area contributed by atoms with Gasteiger partial charge in [0.15, 0.2) is 0 Å². The monoisotopic (exact) mass is 278 g/mol. The van der Waals surface area contributed by atoms with Crippen molar-refractivity contribution >= 4 is 11.8 Å². The van der Waals surface area contributed by atoms with Crippen molar-refractivity contribution in [2.75, 3.05) is 7.11 Å². The van der Waals surface area contributed by atoms with Crippen molar-refractivity contribution in [2.45, 2.75) is 55.6 Å². The van der Waals surface area contributed by atoms with Gasteiger partial charge in [0.2, 0.25) is 0 Å². The molecule has 104 valence electrons. The Bertz CT molecular complexity index is 486. The van der Waals surface area contributed by atoms with E-state index in [2.05, 4.69) is 37.7 Å². The molecule has 2 unspecified atom stereocenters. The zero-order chi connectivity index (χ0) is 13.6. The van der Waals surface area contributed by atoms with Crippen LogP contribution in [0.25, 0.3) is 0 Å². The van der Waals surface area contributed by atoms with Crippen LogP contribution in [-0.2, 0) is 5.60 Å². The van der Waals surface area contributed by atoms with E-state index in [1.165, 1.54) is 12.8 Å². The predicted octanol–water partition coefficient (Wildman–Crippen LogP) is 3.56. The van der Waals surface area contributed by atoms with Crippen LogP contribution in [0, 0.1) is 13.8 Å². The highest BCUT2D eigenvalue weighted by Gasteiger charge is 2.44. The summed E-state index contributed by atoms with van der Waals surface area (Å²) >= 11 is 2.08. The van der Waals surface area contributed by atoms with Gasteiger partial charge < -0.3 is 9.84 Å². The molecular weight excluding hydrogens is 256 g/mol. The molecule has 19 heavy (non-hydrogen) atoms. The Morgan fingerprint density at radius 3 is 2.37 bits per heavy atom. The van der Waals surface area contributed by atoms with Gasteiger partial charge in [0.25, 0.3) is 0 Å². The third-order valence-corrected chi connectivity index (χ3v) is 6.14. The van der Waals surface area contributed by atoms with Crippen LogP contribution in [0.5, 0.6) is 5.75 Å². The van der Waals surface area contributed by atoms with Crippen LogP contribution in [-0.4, -0.2) is 22.7 Å². The molecule has 0 aliphatic carbocycles. The lowest BCUT2D eigenvalue weighted by Crippen LogP contribution is -2.35. The van der Waals surface area contributed by atoms with E-state index in [1.54, 1.807) is 7.11 Å². The maximum Gasteiger partial charge on any atom is 0.122 e. The highest BCUT2D eigenvalue weighted by atomic mass is 32.2. The predicted molar refractivity (Wildman–Crippen MR) is 80.0 cm³/mol. The van der Waals surface area contributed by atoms with Crippen molar-refractivity contribution in [1.82, 2.24) is 0 Å². The lowest BCUT2D eigenvalue weighted by Gasteiger charge is -2.37. The van der Waals surface area contributed by atoms with E-state index in [4.69, 9.17) is 4.74 Å². The first kappa shape index (κ1) is 13.3. The van der Waals surface area contributed by atoms with Gasteiger partial charge >= 0.3 is 0 Å². The first-order valence-corrected chi connectivity index (χ1v) is 7.99. The second-order valence-electron chi connectivity index (χ2n) is 6.03. The smallest absolute Gasteiger partial charge is 0.122 e. The largest absolute Gasteiger partial charge is 0.496 e. The number of rotatable bonds is 2. The van der Waals surface area contributed by atoms with Gasteiger partial charge in [-0.25, -0.2) is 0 Å². The minimum Gasteiger partial charge on any atom is -0.496 e. The molecule has 1 aromatic carbocycles. The van der Waals surface area contributed by atoms with E-state index in [1.807, 2.05) is 0 Å². The standard InChI is InChI=1S/C16H22O2S/c1-10-7-15(18-3)11(2)6-14(10)16(17)8-12-4-5-13(9-16)19-12/h6-7,12-13,17H,4-5,8-9H2,1-3H3. The summed E-state index contributed by atoms with van der Waals surface area (Å²) in [5.41, 5.74) is 2.75. The Morgan fingerprint density at radius 1 is 1.16 bits per heavy atom. The van der Waals surface area contributed by atoms with Crippen LogP contribution < -0.4 is 4.74 Å². The molecule has 2 atom stereocenters. The van der Waals surface area contributed by atoms with Gasteiger partial charge in [-0.1, -0.05) is 0 Å². The number of hydrogen-bond acceptors (Lipinski definition) is 3. The first-order valence-electron chi connectivity index (χ1n) is 7.05. The molecule has 3 rings (SSSR count). The first-order chi connectivity index (χ1) is 9.01. The van der Waals surface area contributed by atoms with E-state index in [0.717, 1.165) is 35.3 Å². The topological polar surface area (TPSA) is 29.5 Å². The molecule has 1 N–H and O–H groups in total. The lowest BCUT2D eigenvalue weighted by atomic mass is 9.82. The Hall–Kier alpha value is -0.670. The van der Waals surface area contributed by atoms with E-state index >= 15 is 0 Å². The third kappa shape index (κ3) is 2.27. The van der Waals surface area contributed by atoms with Gasteiger partial charge in [0, 0.05) is 10.5 Å². The van der Waals surface area contributed by atoms with Crippen LogP contribution >= 0.6 is 11.8 Å². The fraction of sp³-hybridized carbons (Fsp3) is 0.625. The third-order valence-electron chi connectivity index (χ3n) is 4.57. The van der Waals surface area contributed by atoms with E-state index in [0.29, 0.717) is 10.5 Å². The Balaban J connectivity index is 1.99. The van der Waals surface area contributed by atoms with Gasteiger partial charge in [-0.05, 0) is 68.4 Å². The minimum absolute atomic E-state index is 0.627. The summed E-state index contributed by atoms with van der Waals surface area (Å²) in [5.74, 6) is 0.915. The van der Waals surface area contributed by atoms with Crippen LogP contribution in [0.2, 0.25) is 0 Å². The molecule has 0 saturated carbocycles. The van der Waals surface area contributed by atoms with E-state index in [-0.39, 0.29) is 0 Å². The van der Waals surface area contributed by atoms with Crippen LogP contribution in [0.4, 0.5) is 0 Å². The summed E-state index contributed by atoms with van der Waals surface area (Å²) in [7, 11) is 1.70. The number of ether oxygens (including phenoxy) is 1. The number of aliphatic hydroxyl groups is 1. The minimum atomic E-state index is -0.627. The number of thioether (sulfide) groups is 1. The fourth-order valence-electron chi connectivity index (χ4n) is 3.65. The van der Waals surface area contributed by atoms with Gasteiger partial charge in [0.1, 0.15) is 5.75 Å².